The van der Waals surface area contributed by atoms with Crippen LogP contribution in [0.1, 0.15) is 0 Å². The van der Waals surface area contributed by atoms with E-state index in [1.807, 2.05) is 0 Å². The molecule has 0 aliphatic rings. The van der Waals surface area contributed by atoms with Gasteiger partial charge in [-0.1, -0.05) is 11.5 Å². The van der Waals surface area contributed by atoms with Crippen LogP contribution < -0.4 is 61.6 Å². The average molecular weight is 268 g/mol. The number of benzene rings is 1. The Kier molecular flexibility index (Phi) is 6.41. The second-order valence-corrected chi connectivity index (χ2v) is 2.64. The minimum atomic E-state index is -5.49. The average Bonchev–Trinajstić information content (AvgIpc) is 1.99. The van der Waals surface area contributed by atoms with Crippen molar-refractivity contribution in [3.63, 3.8) is 0 Å². The first-order valence-electron chi connectivity index (χ1n) is 3.75. The largest absolute Gasteiger partial charge is 1.00 e. The monoisotopic (exact) mass is 268 g/mol. The van der Waals surface area contributed by atoms with Gasteiger partial charge in [0.2, 0.25) is 0 Å². The van der Waals surface area contributed by atoms with Gasteiger partial charge in [-0.2, -0.15) is 8.78 Å². The summed E-state index contributed by atoms with van der Waals surface area (Å²) in [6.07, 6.45) is 0. The zero-order chi connectivity index (χ0) is 11.6. The first kappa shape index (κ1) is 16.3. The molecule has 0 aliphatic heterocycles. The summed E-state index contributed by atoms with van der Waals surface area (Å²) in [5, 5.41) is 0. The molecule has 0 unspecified atom stereocenters. The van der Waals surface area contributed by atoms with Crippen LogP contribution >= 0.6 is 0 Å². The Balaban J connectivity index is 0.00000225. The minimum absolute atomic E-state index is 0. The Morgan fingerprint density at radius 2 is 1.69 bits per heavy atom. The molecular weight excluding hydrogens is 264 g/mol. The Labute approximate surface area is 130 Å². The number of alkyl halides is 2. The summed E-state index contributed by atoms with van der Waals surface area (Å²) in [6.45, 7) is -8.69. The molecule has 0 spiro atoms. The number of rotatable bonds is 3. The third kappa shape index (κ3) is 4.66. The van der Waals surface area contributed by atoms with Crippen LogP contribution in [0.15, 0.2) is 18.2 Å². The molecule has 16 heavy (non-hydrogen) atoms. The van der Waals surface area contributed by atoms with E-state index in [1.165, 1.54) is 0 Å². The first-order valence-corrected chi connectivity index (χ1v) is 3.75. The number of hydrogen-bond donors (Lipinski definition) is 0. The Bertz CT molecular complexity index is 355. The molecule has 0 radical (unpaired) electrons. The molecular formula is C7H4BF6KO. The molecule has 0 fully saturated rings. The summed E-state index contributed by atoms with van der Waals surface area (Å²) in [6, 6.07) is 1.28. The van der Waals surface area contributed by atoms with Gasteiger partial charge in [0, 0.05) is 6.07 Å². The van der Waals surface area contributed by atoms with Crippen LogP contribution in [0.4, 0.5) is 26.1 Å². The SMILES string of the molecule is Fc1cc(OC(F)F)ccc1[B-](F)(F)F.[K+]. The number of hydrogen-bond acceptors (Lipinski definition) is 1. The van der Waals surface area contributed by atoms with E-state index in [1.54, 1.807) is 0 Å². The van der Waals surface area contributed by atoms with Gasteiger partial charge in [0.05, 0.1) is 5.82 Å². The molecule has 1 aromatic rings. The fraction of sp³-hybridized carbons (Fsp3) is 0.143. The van der Waals surface area contributed by atoms with Crippen molar-refractivity contribution in [2.45, 2.75) is 6.61 Å². The van der Waals surface area contributed by atoms with Gasteiger partial charge in [0.25, 0.3) is 0 Å². The second-order valence-electron chi connectivity index (χ2n) is 2.64. The summed E-state index contributed by atoms with van der Waals surface area (Å²) in [4.78, 5) is 0. The number of halogens is 6. The number of ether oxygens (including phenoxy) is 1. The third-order valence-corrected chi connectivity index (χ3v) is 1.55. The topological polar surface area (TPSA) is 9.23 Å². The minimum Gasteiger partial charge on any atom is -0.445 e. The van der Waals surface area contributed by atoms with E-state index in [9.17, 15) is 26.1 Å². The van der Waals surface area contributed by atoms with Crippen molar-refractivity contribution in [2.24, 2.45) is 0 Å². The summed E-state index contributed by atoms with van der Waals surface area (Å²) >= 11 is 0. The van der Waals surface area contributed by atoms with Gasteiger partial charge in [-0.15, -0.1) is 0 Å². The standard InChI is InChI=1S/C7H4BF6O.K/c9-6-3-4(15-7(10)11)1-2-5(6)8(12,13)14;/h1-3,7H;/q-1;+1. The van der Waals surface area contributed by atoms with Crippen molar-refractivity contribution < 1.29 is 82.2 Å². The van der Waals surface area contributed by atoms with Crippen molar-refractivity contribution in [1.82, 2.24) is 0 Å². The molecule has 1 nitrogen and oxygen atoms in total. The van der Waals surface area contributed by atoms with E-state index in [2.05, 4.69) is 4.74 Å². The molecule has 0 saturated carbocycles. The predicted molar refractivity (Wildman–Crippen MR) is 41.7 cm³/mol. The normalized spacial score (nSPS) is 11.2. The van der Waals surface area contributed by atoms with Gasteiger partial charge in [-0.05, 0) is 6.07 Å². The van der Waals surface area contributed by atoms with Crippen molar-refractivity contribution >= 4 is 12.4 Å². The Morgan fingerprint density at radius 3 is 2.06 bits per heavy atom. The molecule has 0 heterocycles. The van der Waals surface area contributed by atoms with Crippen LogP contribution in [0.2, 0.25) is 0 Å². The van der Waals surface area contributed by atoms with E-state index < -0.39 is 30.6 Å². The van der Waals surface area contributed by atoms with Crippen LogP contribution in [-0.4, -0.2) is 13.6 Å². The maximum absolute atomic E-state index is 12.8. The Hall–Kier alpha value is 0.301. The van der Waals surface area contributed by atoms with E-state index >= 15 is 0 Å². The maximum atomic E-state index is 12.8. The van der Waals surface area contributed by atoms with Gasteiger partial charge in [-0.3, -0.25) is 0 Å². The first-order chi connectivity index (χ1) is 6.80. The summed E-state index contributed by atoms with van der Waals surface area (Å²) in [5.74, 6) is -2.27. The molecule has 0 saturated heterocycles. The molecule has 0 bridgehead atoms. The zero-order valence-corrected chi connectivity index (χ0v) is 11.2. The molecule has 1 rings (SSSR count). The molecule has 0 N–H and O–H groups in total. The van der Waals surface area contributed by atoms with Gasteiger partial charge in [0.1, 0.15) is 5.75 Å². The molecule has 0 amide bonds. The fourth-order valence-corrected chi connectivity index (χ4v) is 0.949. The van der Waals surface area contributed by atoms with Crippen LogP contribution in [0.3, 0.4) is 0 Å². The fourth-order valence-electron chi connectivity index (χ4n) is 0.949. The van der Waals surface area contributed by atoms with Gasteiger partial charge in [0.15, 0.2) is 0 Å². The maximum Gasteiger partial charge on any atom is 1.00 e. The molecule has 9 heteroatoms. The quantitative estimate of drug-likeness (QED) is 0.530. The van der Waals surface area contributed by atoms with Crippen molar-refractivity contribution in [1.29, 1.82) is 0 Å². The van der Waals surface area contributed by atoms with Gasteiger partial charge < -0.3 is 17.7 Å². The van der Waals surface area contributed by atoms with Crippen molar-refractivity contribution in [2.75, 3.05) is 0 Å². The zero-order valence-electron chi connectivity index (χ0n) is 8.06. The van der Waals surface area contributed by atoms with Crippen LogP contribution in [0, 0.1) is 5.82 Å². The molecule has 0 atom stereocenters. The summed E-state index contributed by atoms with van der Waals surface area (Å²) in [7, 11) is 0. The van der Waals surface area contributed by atoms with E-state index in [0.717, 1.165) is 0 Å². The van der Waals surface area contributed by atoms with Crippen LogP contribution in [-0.2, 0) is 0 Å². The van der Waals surface area contributed by atoms with Gasteiger partial charge in [-0.25, -0.2) is 4.39 Å². The molecule has 0 aromatic heterocycles. The van der Waals surface area contributed by atoms with Crippen LogP contribution in [0.5, 0.6) is 5.75 Å². The molecule has 1 aromatic carbocycles. The molecule has 84 valence electrons. The van der Waals surface area contributed by atoms with E-state index in [-0.39, 0.29) is 57.5 Å². The van der Waals surface area contributed by atoms with Crippen molar-refractivity contribution in [3.05, 3.63) is 24.0 Å². The second kappa shape index (κ2) is 6.29. The smallest absolute Gasteiger partial charge is 0.445 e. The molecule has 0 aliphatic carbocycles. The van der Waals surface area contributed by atoms with Crippen LogP contribution in [0.25, 0.3) is 0 Å². The van der Waals surface area contributed by atoms with Gasteiger partial charge >= 0.3 is 65.0 Å². The van der Waals surface area contributed by atoms with E-state index in [0.29, 0.717) is 12.1 Å². The third-order valence-electron chi connectivity index (χ3n) is 1.55. The summed E-state index contributed by atoms with van der Waals surface area (Å²) < 4.78 is 76.0. The summed E-state index contributed by atoms with van der Waals surface area (Å²) in [5.41, 5.74) is -1.46. The van der Waals surface area contributed by atoms with Crippen molar-refractivity contribution in [3.8, 4) is 5.75 Å². The van der Waals surface area contributed by atoms with E-state index in [4.69, 9.17) is 0 Å². The predicted octanol–water partition coefficient (Wildman–Crippen LogP) is -0.515. The Morgan fingerprint density at radius 1 is 1.12 bits per heavy atom.